The van der Waals surface area contributed by atoms with Crippen LogP contribution >= 0.6 is 11.3 Å². The molecule has 0 bridgehead atoms. The molecule has 4 nitrogen and oxygen atoms in total. The summed E-state index contributed by atoms with van der Waals surface area (Å²) >= 11 is 1.64. The molecule has 0 saturated heterocycles. The summed E-state index contributed by atoms with van der Waals surface area (Å²) in [4.78, 5) is 25.4. The van der Waals surface area contributed by atoms with Crippen molar-refractivity contribution in [2.24, 2.45) is 5.92 Å². The van der Waals surface area contributed by atoms with Gasteiger partial charge in [0.05, 0.1) is 19.1 Å². The SMILES string of the molecule is CCOC(=O)C[C@@H]1Cc2c(sc3ccccc23)[C@H]1C(=O)OCC. The Bertz CT molecular complexity index is 734. The van der Waals surface area contributed by atoms with Gasteiger partial charge in [0.1, 0.15) is 0 Å². The molecular formula is C18H20O4S. The van der Waals surface area contributed by atoms with E-state index in [4.69, 9.17) is 9.47 Å². The number of hydrogen-bond acceptors (Lipinski definition) is 5. The smallest absolute Gasteiger partial charge is 0.314 e. The lowest BCUT2D eigenvalue weighted by Crippen LogP contribution is -2.23. The second kappa shape index (κ2) is 6.71. The molecule has 0 radical (unpaired) electrons. The lowest BCUT2D eigenvalue weighted by atomic mass is 9.92. The van der Waals surface area contributed by atoms with Crippen molar-refractivity contribution in [3.8, 4) is 0 Å². The Morgan fingerprint density at radius 3 is 2.65 bits per heavy atom. The number of hydrogen-bond donors (Lipinski definition) is 0. The fraction of sp³-hybridized carbons (Fsp3) is 0.444. The van der Waals surface area contributed by atoms with Gasteiger partial charge in [0.15, 0.2) is 0 Å². The molecule has 0 fully saturated rings. The second-order valence-corrected chi connectivity index (χ2v) is 6.73. The van der Waals surface area contributed by atoms with Gasteiger partial charge in [-0.3, -0.25) is 9.59 Å². The van der Waals surface area contributed by atoms with Gasteiger partial charge in [-0.25, -0.2) is 0 Å². The zero-order valence-electron chi connectivity index (χ0n) is 13.3. The zero-order valence-corrected chi connectivity index (χ0v) is 14.2. The molecule has 1 aliphatic rings. The summed E-state index contributed by atoms with van der Waals surface area (Å²) in [6.07, 6.45) is 0.981. The standard InChI is InChI=1S/C18H20O4S/c1-3-21-15(19)10-11-9-13-12-7-5-6-8-14(12)23-17(13)16(11)18(20)22-4-2/h5-8,11,16H,3-4,9-10H2,1-2H3/t11-,16-/m0/s1. The van der Waals surface area contributed by atoms with Crippen molar-refractivity contribution in [2.75, 3.05) is 13.2 Å². The highest BCUT2D eigenvalue weighted by atomic mass is 32.1. The van der Waals surface area contributed by atoms with Crippen LogP contribution in [0.5, 0.6) is 0 Å². The maximum atomic E-state index is 12.5. The summed E-state index contributed by atoms with van der Waals surface area (Å²) in [5.41, 5.74) is 1.19. The molecule has 0 unspecified atom stereocenters. The van der Waals surface area contributed by atoms with Crippen LogP contribution in [-0.4, -0.2) is 25.2 Å². The van der Waals surface area contributed by atoms with Gasteiger partial charge in [-0.15, -0.1) is 11.3 Å². The molecule has 5 heteroatoms. The molecule has 0 aliphatic heterocycles. The third-order valence-corrected chi connectivity index (χ3v) is 5.52. The summed E-state index contributed by atoms with van der Waals surface area (Å²) in [7, 11) is 0. The summed E-state index contributed by atoms with van der Waals surface area (Å²) < 4.78 is 11.5. The number of carbonyl (C=O) groups excluding carboxylic acids is 2. The van der Waals surface area contributed by atoms with E-state index < -0.39 is 0 Å². The van der Waals surface area contributed by atoms with Crippen LogP contribution in [0.1, 0.15) is 36.6 Å². The van der Waals surface area contributed by atoms with Gasteiger partial charge in [-0.05, 0) is 43.2 Å². The first-order valence-corrected chi connectivity index (χ1v) is 8.79. The van der Waals surface area contributed by atoms with Crippen LogP contribution in [0, 0.1) is 5.92 Å². The fourth-order valence-corrected chi connectivity index (χ4v) is 4.75. The summed E-state index contributed by atoms with van der Waals surface area (Å²) in [6.45, 7) is 4.31. The van der Waals surface area contributed by atoms with E-state index in [1.54, 1.807) is 25.2 Å². The second-order valence-electron chi connectivity index (χ2n) is 5.64. The summed E-state index contributed by atoms with van der Waals surface area (Å²) in [5.74, 6) is -0.899. The number of ether oxygens (including phenoxy) is 2. The molecule has 1 aromatic carbocycles. The fourth-order valence-electron chi connectivity index (χ4n) is 3.33. The highest BCUT2D eigenvalue weighted by Crippen LogP contribution is 2.48. The number of esters is 2. The molecule has 3 rings (SSSR count). The van der Waals surface area contributed by atoms with Crippen molar-refractivity contribution in [2.45, 2.75) is 32.6 Å². The van der Waals surface area contributed by atoms with E-state index in [0.717, 1.165) is 11.3 Å². The zero-order chi connectivity index (χ0) is 16.4. The molecule has 2 atom stereocenters. The minimum absolute atomic E-state index is 0.0704. The lowest BCUT2D eigenvalue weighted by Gasteiger charge is -2.17. The predicted molar refractivity (Wildman–Crippen MR) is 89.6 cm³/mol. The van der Waals surface area contributed by atoms with Crippen molar-refractivity contribution in [1.82, 2.24) is 0 Å². The van der Waals surface area contributed by atoms with E-state index in [-0.39, 0.29) is 30.2 Å². The van der Waals surface area contributed by atoms with Crippen molar-refractivity contribution in [3.63, 3.8) is 0 Å². The average Bonchev–Trinajstić information content (AvgIpc) is 3.03. The van der Waals surface area contributed by atoms with Crippen LogP contribution in [0.3, 0.4) is 0 Å². The van der Waals surface area contributed by atoms with Crippen molar-refractivity contribution in [3.05, 3.63) is 34.7 Å². The van der Waals surface area contributed by atoms with Crippen LogP contribution < -0.4 is 0 Å². The predicted octanol–water partition coefficient (Wildman–Crippen LogP) is 3.67. The molecule has 2 aromatic rings. The lowest BCUT2D eigenvalue weighted by molar-refractivity contribution is -0.148. The van der Waals surface area contributed by atoms with Gasteiger partial charge in [0.2, 0.25) is 0 Å². The molecule has 0 amide bonds. The van der Waals surface area contributed by atoms with Gasteiger partial charge in [0.25, 0.3) is 0 Å². The van der Waals surface area contributed by atoms with E-state index in [2.05, 4.69) is 12.1 Å². The van der Waals surface area contributed by atoms with Gasteiger partial charge in [-0.2, -0.15) is 0 Å². The number of carbonyl (C=O) groups is 2. The Kier molecular flexibility index (Phi) is 4.66. The van der Waals surface area contributed by atoms with Crippen molar-refractivity contribution in [1.29, 1.82) is 0 Å². The maximum Gasteiger partial charge on any atom is 0.314 e. The van der Waals surface area contributed by atoms with E-state index in [0.29, 0.717) is 13.2 Å². The van der Waals surface area contributed by atoms with Crippen LogP contribution in [0.4, 0.5) is 0 Å². The average molecular weight is 332 g/mol. The third-order valence-electron chi connectivity index (χ3n) is 4.22. The molecule has 1 aliphatic carbocycles. The topological polar surface area (TPSA) is 52.6 Å². The Morgan fingerprint density at radius 1 is 1.17 bits per heavy atom. The van der Waals surface area contributed by atoms with E-state index >= 15 is 0 Å². The van der Waals surface area contributed by atoms with Crippen molar-refractivity contribution >= 4 is 33.4 Å². The molecule has 1 heterocycles. The minimum atomic E-state index is -0.355. The van der Waals surface area contributed by atoms with Crippen molar-refractivity contribution < 1.29 is 19.1 Å². The highest BCUT2D eigenvalue weighted by molar-refractivity contribution is 7.19. The van der Waals surface area contributed by atoms with Gasteiger partial charge >= 0.3 is 11.9 Å². The van der Waals surface area contributed by atoms with E-state index in [1.165, 1.54) is 15.6 Å². The van der Waals surface area contributed by atoms with Gasteiger partial charge in [0, 0.05) is 16.0 Å². The molecule has 1 aromatic heterocycles. The summed E-state index contributed by atoms with van der Waals surface area (Å²) in [6, 6.07) is 8.16. The Hall–Kier alpha value is -1.88. The van der Waals surface area contributed by atoms with Crippen LogP contribution in [0.2, 0.25) is 0 Å². The normalized spacial score (nSPS) is 19.6. The number of rotatable bonds is 5. The van der Waals surface area contributed by atoms with E-state index in [9.17, 15) is 9.59 Å². The summed E-state index contributed by atoms with van der Waals surface area (Å²) in [5, 5.41) is 1.19. The first-order valence-electron chi connectivity index (χ1n) is 7.98. The highest BCUT2D eigenvalue weighted by Gasteiger charge is 2.42. The van der Waals surface area contributed by atoms with Crippen LogP contribution in [0.15, 0.2) is 24.3 Å². The minimum Gasteiger partial charge on any atom is -0.466 e. The Labute approximate surface area is 139 Å². The molecule has 0 spiro atoms. The largest absolute Gasteiger partial charge is 0.466 e. The maximum absolute atomic E-state index is 12.5. The number of benzene rings is 1. The molecule has 0 saturated carbocycles. The number of fused-ring (bicyclic) bond motifs is 3. The quantitative estimate of drug-likeness (QED) is 0.784. The monoisotopic (exact) mass is 332 g/mol. The first kappa shape index (κ1) is 16.0. The molecular weight excluding hydrogens is 312 g/mol. The van der Waals surface area contributed by atoms with Gasteiger partial charge in [-0.1, -0.05) is 18.2 Å². The van der Waals surface area contributed by atoms with Crippen LogP contribution in [-0.2, 0) is 25.5 Å². The molecule has 122 valence electrons. The first-order chi connectivity index (χ1) is 11.2. The molecule has 0 N–H and O–H groups in total. The van der Waals surface area contributed by atoms with Crippen LogP contribution in [0.25, 0.3) is 10.1 Å². The Balaban J connectivity index is 1.95. The third kappa shape index (κ3) is 2.98. The van der Waals surface area contributed by atoms with Gasteiger partial charge < -0.3 is 9.47 Å². The molecule has 23 heavy (non-hydrogen) atoms. The Morgan fingerprint density at radius 2 is 1.91 bits per heavy atom. The number of thiophene rings is 1. The van der Waals surface area contributed by atoms with E-state index in [1.807, 2.05) is 12.1 Å².